The van der Waals surface area contributed by atoms with Crippen LogP contribution in [0.1, 0.15) is 30.9 Å². The quantitative estimate of drug-likeness (QED) is 0.227. The van der Waals surface area contributed by atoms with E-state index in [0.717, 1.165) is 10.1 Å². The number of carbonyl (C=O) groups excluding carboxylic acids is 5. The zero-order valence-electron chi connectivity index (χ0n) is 25.9. The minimum atomic E-state index is -1.11. The highest BCUT2D eigenvalue weighted by Gasteiger charge is 2.51. The second kappa shape index (κ2) is 14.7. The number of ether oxygens (including phenoxy) is 1. The molecular weight excluding hydrogens is 606 g/mol. The number of fused-ring (bicyclic) bond motifs is 15. The van der Waals surface area contributed by atoms with Crippen LogP contribution in [-0.2, 0) is 43.4 Å². The lowest BCUT2D eigenvalue weighted by Gasteiger charge is -2.25. The molecule has 2 aliphatic heterocycles. The van der Waals surface area contributed by atoms with Crippen LogP contribution in [-0.4, -0.2) is 75.9 Å². The summed E-state index contributed by atoms with van der Waals surface area (Å²) < 4.78 is 6.87. The molecule has 3 atom stereocenters. The molecule has 3 aliphatic rings. The van der Waals surface area contributed by atoms with Crippen molar-refractivity contribution in [3.8, 4) is 5.75 Å². The zero-order valence-corrected chi connectivity index (χ0v) is 25.9. The Kier molecular flexibility index (Phi) is 10.3. The molecule has 1 aromatic heterocycles. The fraction of sp³-hybridized carbons (Fsp3) is 0.364. The van der Waals surface area contributed by atoms with E-state index in [2.05, 4.69) is 31.6 Å². The molecule has 6 rings (SSSR count). The van der Waals surface area contributed by atoms with Crippen molar-refractivity contribution in [1.29, 1.82) is 0 Å². The molecule has 3 heterocycles. The van der Waals surface area contributed by atoms with Crippen LogP contribution in [0.3, 0.4) is 0 Å². The number of carbonyl (C=O) groups is 5. The SMILES string of the molecule is C[C@@H]1NC(=O)[C@@H](NC(=O)Cn2cccnc2=O)Cc2ccc(cc2)OCCNC(=O)C2(CC2)NC(=O)[C@@H](Cc2ccccc2)NC1=O. The van der Waals surface area contributed by atoms with Crippen molar-refractivity contribution in [1.82, 2.24) is 36.1 Å². The Morgan fingerprint density at radius 2 is 1.70 bits per heavy atom. The molecule has 2 bridgehead atoms. The van der Waals surface area contributed by atoms with E-state index in [1.54, 1.807) is 24.3 Å². The number of aromatic nitrogens is 2. The highest BCUT2D eigenvalue weighted by Crippen LogP contribution is 2.35. The van der Waals surface area contributed by atoms with E-state index in [4.69, 9.17) is 4.74 Å². The molecule has 14 heteroatoms. The lowest BCUT2D eigenvalue weighted by molar-refractivity contribution is -0.134. The molecule has 0 radical (unpaired) electrons. The van der Waals surface area contributed by atoms with Crippen molar-refractivity contribution in [2.45, 2.75) is 62.8 Å². The van der Waals surface area contributed by atoms with Gasteiger partial charge in [-0.3, -0.25) is 28.5 Å². The molecule has 1 saturated carbocycles. The van der Waals surface area contributed by atoms with E-state index < -0.39 is 53.0 Å². The van der Waals surface area contributed by atoms with E-state index in [0.29, 0.717) is 24.2 Å². The Bertz CT molecular complexity index is 1670. The molecule has 47 heavy (non-hydrogen) atoms. The van der Waals surface area contributed by atoms with Crippen LogP contribution in [0.2, 0.25) is 0 Å². The van der Waals surface area contributed by atoms with E-state index in [9.17, 15) is 28.8 Å². The first-order valence-electron chi connectivity index (χ1n) is 15.4. The molecular formula is C33H37N7O7. The lowest BCUT2D eigenvalue weighted by atomic mass is 10.0. The van der Waals surface area contributed by atoms with Crippen molar-refractivity contribution in [3.63, 3.8) is 0 Å². The lowest BCUT2D eigenvalue weighted by Crippen LogP contribution is -2.59. The Morgan fingerprint density at radius 1 is 0.957 bits per heavy atom. The second-order valence-electron chi connectivity index (χ2n) is 11.7. The van der Waals surface area contributed by atoms with Crippen molar-refractivity contribution in [3.05, 3.63) is 94.7 Å². The third-order valence-electron chi connectivity index (χ3n) is 7.98. The van der Waals surface area contributed by atoms with Gasteiger partial charge in [-0.05, 0) is 49.1 Å². The minimum absolute atomic E-state index is 0.0608. The number of nitrogens with zero attached hydrogens (tertiary/aromatic N) is 2. The maximum atomic E-state index is 13.5. The first kappa shape index (κ1) is 32.9. The average Bonchev–Trinajstić information content (AvgIpc) is 3.84. The summed E-state index contributed by atoms with van der Waals surface area (Å²) in [5.41, 5.74) is -0.227. The van der Waals surface area contributed by atoms with Gasteiger partial charge in [0.1, 0.15) is 42.6 Å². The third kappa shape index (κ3) is 8.81. The highest BCUT2D eigenvalue weighted by molar-refractivity contribution is 5.98. The standard InChI is InChI=1S/C33H37N7O7/c1-21-28(42)38-26(18-22-6-3-2-4-7-22)30(44)39-33(12-13-33)31(45)34-15-17-47-24-10-8-23(9-11-24)19-25(29(43)36-21)37-27(41)20-40-16-5-14-35-32(40)46/h2-11,14,16,21,25-26H,12-13,15,17-20H2,1H3,(H,34,45)(H,36,43)(H,37,41)(H,38,42)(H,39,44)/t21-,25-,26+/m0/s1. The van der Waals surface area contributed by atoms with Gasteiger partial charge >= 0.3 is 5.69 Å². The molecule has 1 fully saturated rings. The van der Waals surface area contributed by atoms with Crippen molar-refractivity contribution in [2.24, 2.45) is 0 Å². The molecule has 0 saturated heterocycles. The Hall–Kier alpha value is -5.53. The van der Waals surface area contributed by atoms with Gasteiger partial charge in [-0.25, -0.2) is 9.78 Å². The Labute approximate surface area is 270 Å². The van der Waals surface area contributed by atoms with Crippen LogP contribution in [0.25, 0.3) is 0 Å². The Balaban J connectivity index is 1.37. The van der Waals surface area contributed by atoms with Crippen LogP contribution in [0, 0.1) is 0 Å². The molecule has 5 N–H and O–H groups in total. The van der Waals surface area contributed by atoms with Gasteiger partial charge in [0.15, 0.2) is 0 Å². The fourth-order valence-corrected chi connectivity index (χ4v) is 5.16. The largest absolute Gasteiger partial charge is 0.492 e. The third-order valence-corrected chi connectivity index (χ3v) is 7.98. The first-order chi connectivity index (χ1) is 22.6. The van der Waals surface area contributed by atoms with Gasteiger partial charge in [0, 0.05) is 25.2 Å². The summed E-state index contributed by atoms with van der Waals surface area (Å²) in [6.45, 7) is 1.48. The maximum absolute atomic E-state index is 13.5. The van der Waals surface area contributed by atoms with Gasteiger partial charge in [0.05, 0.1) is 6.54 Å². The van der Waals surface area contributed by atoms with Gasteiger partial charge in [-0.1, -0.05) is 42.5 Å². The molecule has 2 aromatic carbocycles. The monoisotopic (exact) mass is 643 g/mol. The fourth-order valence-electron chi connectivity index (χ4n) is 5.16. The summed E-state index contributed by atoms with van der Waals surface area (Å²) in [6.07, 6.45) is 3.83. The number of hydrogen-bond acceptors (Lipinski definition) is 8. The predicted octanol–water partition coefficient (Wildman–Crippen LogP) is -0.640. The van der Waals surface area contributed by atoms with E-state index in [-0.39, 0.29) is 38.4 Å². The summed E-state index contributed by atoms with van der Waals surface area (Å²) in [5, 5.41) is 13.7. The molecule has 14 nitrogen and oxygen atoms in total. The molecule has 1 spiro atoms. The molecule has 1 aliphatic carbocycles. The van der Waals surface area contributed by atoms with Crippen molar-refractivity contribution >= 4 is 29.5 Å². The van der Waals surface area contributed by atoms with Crippen molar-refractivity contribution < 1.29 is 28.7 Å². The minimum Gasteiger partial charge on any atom is -0.492 e. The average molecular weight is 644 g/mol. The summed E-state index contributed by atoms with van der Waals surface area (Å²) in [5.74, 6) is -2.22. The predicted molar refractivity (Wildman–Crippen MR) is 169 cm³/mol. The van der Waals surface area contributed by atoms with E-state index in [1.165, 1.54) is 25.4 Å². The van der Waals surface area contributed by atoms with E-state index >= 15 is 0 Å². The van der Waals surface area contributed by atoms with Crippen LogP contribution in [0.5, 0.6) is 5.75 Å². The number of nitrogens with one attached hydrogen (secondary N) is 5. The first-order valence-corrected chi connectivity index (χ1v) is 15.4. The molecule has 246 valence electrons. The van der Waals surface area contributed by atoms with Crippen LogP contribution >= 0.6 is 0 Å². The smallest absolute Gasteiger partial charge is 0.347 e. The van der Waals surface area contributed by atoms with Crippen LogP contribution in [0.15, 0.2) is 77.9 Å². The zero-order chi connectivity index (χ0) is 33.4. The van der Waals surface area contributed by atoms with Gasteiger partial charge in [0.2, 0.25) is 29.5 Å². The molecule has 3 aromatic rings. The summed E-state index contributed by atoms with van der Waals surface area (Å²) in [6, 6.07) is 14.2. The summed E-state index contributed by atoms with van der Waals surface area (Å²) in [7, 11) is 0. The summed E-state index contributed by atoms with van der Waals surface area (Å²) >= 11 is 0. The Morgan fingerprint density at radius 3 is 2.40 bits per heavy atom. The van der Waals surface area contributed by atoms with E-state index in [1.807, 2.05) is 30.3 Å². The normalized spacial score (nSPS) is 21.8. The van der Waals surface area contributed by atoms with Gasteiger partial charge in [0.25, 0.3) is 0 Å². The van der Waals surface area contributed by atoms with Crippen molar-refractivity contribution in [2.75, 3.05) is 13.2 Å². The van der Waals surface area contributed by atoms with Gasteiger partial charge < -0.3 is 31.3 Å². The van der Waals surface area contributed by atoms with Gasteiger partial charge in [-0.2, -0.15) is 0 Å². The topological polar surface area (TPSA) is 190 Å². The summed E-state index contributed by atoms with van der Waals surface area (Å²) in [4.78, 5) is 82.1. The van der Waals surface area contributed by atoms with Crippen LogP contribution < -0.4 is 37.0 Å². The number of rotatable bonds is 5. The molecule has 5 amide bonds. The number of benzene rings is 2. The van der Waals surface area contributed by atoms with Gasteiger partial charge in [-0.15, -0.1) is 0 Å². The second-order valence-corrected chi connectivity index (χ2v) is 11.7. The number of amides is 5. The van der Waals surface area contributed by atoms with Crippen LogP contribution in [0.4, 0.5) is 0 Å². The number of hydrogen-bond donors (Lipinski definition) is 5. The highest BCUT2D eigenvalue weighted by atomic mass is 16.5. The maximum Gasteiger partial charge on any atom is 0.347 e. The molecule has 0 unspecified atom stereocenters.